The highest BCUT2D eigenvalue weighted by Crippen LogP contribution is 2.56. The predicted molar refractivity (Wildman–Crippen MR) is 103 cm³/mol. The van der Waals surface area contributed by atoms with Gasteiger partial charge in [-0.05, 0) is 41.5 Å². The molecule has 0 aromatic heterocycles. The molecule has 0 bridgehead atoms. The summed E-state index contributed by atoms with van der Waals surface area (Å²) >= 11 is -5.14. The van der Waals surface area contributed by atoms with Gasteiger partial charge in [0.05, 0.1) is 18.8 Å². The third-order valence-electron chi connectivity index (χ3n) is 2.39. The topological polar surface area (TPSA) is 95.6 Å². The number of carbonyl (C=O) groups is 2. The van der Waals surface area contributed by atoms with Crippen molar-refractivity contribution in [3.63, 3.8) is 0 Å². The molecule has 9 nitrogen and oxygen atoms in total. The Morgan fingerprint density at radius 3 is 1.66 bits per heavy atom. The van der Waals surface area contributed by atoms with E-state index in [-0.39, 0.29) is 26.3 Å². The van der Waals surface area contributed by atoms with Crippen molar-refractivity contribution < 1.29 is 45.0 Å². The molecular formula is C16H33F3N2O7S. The van der Waals surface area contributed by atoms with Crippen molar-refractivity contribution in [1.82, 2.24) is 9.79 Å². The molecule has 29 heavy (non-hydrogen) atoms. The highest BCUT2D eigenvalue weighted by atomic mass is 32.3. The molecule has 0 fully saturated rings. The van der Waals surface area contributed by atoms with E-state index in [9.17, 15) is 21.2 Å². The first-order valence-electron chi connectivity index (χ1n) is 8.55. The molecule has 1 N–H and O–H groups in total. The predicted octanol–water partition coefficient (Wildman–Crippen LogP) is 4.33. The molecule has 0 aliphatic heterocycles. The molecule has 0 heterocycles. The summed E-state index contributed by atoms with van der Waals surface area (Å²) in [6, 6.07) is 0. The zero-order valence-corrected chi connectivity index (χ0v) is 19.0. The first-order valence-corrected chi connectivity index (χ1v) is 9.85. The molecule has 0 unspecified atom stereocenters. The number of methoxy groups -OCH3 is 2. The van der Waals surface area contributed by atoms with E-state index in [0.717, 1.165) is 0 Å². The summed E-state index contributed by atoms with van der Waals surface area (Å²) < 4.78 is 55.4. The van der Waals surface area contributed by atoms with Crippen molar-refractivity contribution in [3.05, 3.63) is 0 Å². The number of hydrogen-bond donors (Lipinski definition) is 1. The van der Waals surface area contributed by atoms with Gasteiger partial charge in [-0.1, -0.05) is 0 Å². The summed E-state index contributed by atoms with van der Waals surface area (Å²) in [5, 5.41) is 0. The van der Waals surface area contributed by atoms with Gasteiger partial charge in [0.1, 0.15) is 5.60 Å². The Kier molecular flexibility index (Phi) is 14.3. The van der Waals surface area contributed by atoms with Crippen LogP contribution in [0.25, 0.3) is 0 Å². The van der Waals surface area contributed by atoms with Crippen LogP contribution in [-0.4, -0.2) is 68.3 Å². The number of nitrogens with one attached hydrogen (secondary N) is 1. The van der Waals surface area contributed by atoms with Gasteiger partial charge in [0.25, 0.3) is 11.4 Å². The lowest BCUT2D eigenvalue weighted by Gasteiger charge is -2.26. The lowest BCUT2D eigenvalue weighted by molar-refractivity contribution is -0.0681. The van der Waals surface area contributed by atoms with Gasteiger partial charge in [0, 0.05) is 27.3 Å². The fraction of sp³-hybridized carbons (Fsp3) is 0.875. The Labute approximate surface area is 172 Å². The quantitative estimate of drug-likeness (QED) is 0.329. The second kappa shape index (κ2) is 13.9. The van der Waals surface area contributed by atoms with E-state index in [1.807, 2.05) is 5.48 Å². The summed E-state index contributed by atoms with van der Waals surface area (Å²) in [6.07, 6.45) is -2.08. The third kappa shape index (κ3) is 21.2. The molecule has 0 aliphatic rings. The van der Waals surface area contributed by atoms with Crippen LogP contribution in [0.2, 0.25) is 0 Å². The van der Waals surface area contributed by atoms with E-state index in [0.29, 0.717) is 4.31 Å². The number of ether oxygens (including phenoxy) is 4. The average molecular weight is 455 g/mol. The summed E-state index contributed by atoms with van der Waals surface area (Å²) in [6.45, 7) is 10.1. The molecule has 0 aliphatic carbocycles. The molecule has 13 heteroatoms. The lowest BCUT2D eigenvalue weighted by atomic mass is 10.2. The van der Waals surface area contributed by atoms with Crippen LogP contribution >= 0.6 is 11.4 Å². The molecule has 176 valence electrons. The van der Waals surface area contributed by atoms with Gasteiger partial charge < -0.3 is 18.9 Å². The monoisotopic (exact) mass is 454 g/mol. The van der Waals surface area contributed by atoms with Gasteiger partial charge in [-0.25, -0.2) is 9.59 Å². The molecular weight excluding hydrogens is 421 g/mol. The highest BCUT2D eigenvalue weighted by Gasteiger charge is 2.30. The summed E-state index contributed by atoms with van der Waals surface area (Å²) in [7, 11) is 2.75. The van der Waals surface area contributed by atoms with Crippen molar-refractivity contribution >= 4 is 23.6 Å². The third-order valence-corrected chi connectivity index (χ3v) is 3.34. The summed E-state index contributed by atoms with van der Waals surface area (Å²) in [5.41, 5.74) is 0.709. The van der Waals surface area contributed by atoms with E-state index in [2.05, 4.69) is 14.2 Å². The lowest BCUT2D eigenvalue weighted by Crippen LogP contribution is -2.36. The molecule has 0 aromatic carbocycles. The minimum atomic E-state index is -5.14. The van der Waals surface area contributed by atoms with Crippen molar-refractivity contribution in [3.8, 4) is 0 Å². The Hall–Kier alpha value is -1.28. The molecule has 1 amide bonds. The van der Waals surface area contributed by atoms with E-state index in [4.69, 9.17) is 9.57 Å². The molecule has 0 atom stereocenters. The number of nitrogens with zero attached hydrogens (tertiary/aromatic N) is 1. The van der Waals surface area contributed by atoms with Gasteiger partial charge in [0.15, 0.2) is 0 Å². The SMILES string of the molecule is CC(C)(C)ONC(=O)OC(=O)OC(C)(C)C.COCCN(CCOC)S(F)(F)F. The maximum Gasteiger partial charge on any atom is 0.518 e. The van der Waals surface area contributed by atoms with E-state index >= 15 is 0 Å². The summed E-state index contributed by atoms with van der Waals surface area (Å²) in [4.78, 5) is 26.9. The van der Waals surface area contributed by atoms with Crippen LogP contribution in [0.4, 0.5) is 21.2 Å². The summed E-state index contributed by atoms with van der Waals surface area (Å²) in [5.74, 6) is 0. The smallest absolute Gasteiger partial charge is 0.428 e. The first-order chi connectivity index (χ1) is 13.0. The van der Waals surface area contributed by atoms with Gasteiger partial charge in [-0.2, -0.15) is 9.79 Å². The normalized spacial score (nSPS) is 12.7. The number of hydroxylamine groups is 1. The van der Waals surface area contributed by atoms with Crippen molar-refractivity contribution in [2.45, 2.75) is 52.7 Å². The standard InChI is InChI=1S/C10H19NO5.C6H14F3NO2S/c1-9(2,3)15-8(13)14-7(12)11-16-10(4,5)6;1-11-5-3-10(4-6-12-2)13(7,8)9/h1-6H3,(H,11,12);3-6H2,1-2H3. The fourth-order valence-electron chi connectivity index (χ4n) is 1.27. The zero-order valence-electron chi connectivity index (χ0n) is 18.2. The Balaban J connectivity index is 0. The number of amides is 1. The Morgan fingerprint density at radius 2 is 1.34 bits per heavy atom. The van der Waals surface area contributed by atoms with Crippen LogP contribution in [-0.2, 0) is 23.8 Å². The molecule has 0 saturated carbocycles. The van der Waals surface area contributed by atoms with Crippen LogP contribution in [0.3, 0.4) is 0 Å². The first kappa shape index (κ1) is 29.9. The Bertz CT molecular complexity index is 473. The van der Waals surface area contributed by atoms with Crippen LogP contribution in [0.1, 0.15) is 41.5 Å². The van der Waals surface area contributed by atoms with Gasteiger partial charge >= 0.3 is 12.2 Å². The molecule has 0 saturated heterocycles. The largest absolute Gasteiger partial charge is 0.518 e. The maximum absolute atomic E-state index is 12.3. The van der Waals surface area contributed by atoms with Crippen molar-refractivity contribution in [2.75, 3.05) is 40.5 Å². The molecule has 0 spiro atoms. The van der Waals surface area contributed by atoms with Crippen LogP contribution < -0.4 is 5.48 Å². The van der Waals surface area contributed by atoms with Crippen molar-refractivity contribution in [2.24, 2.45) is 0 Å². The molecule has 0 rings (SSSR count). The van der Waals surface area contributed by atoms with Crippen LogP contribution in [0.5, 0.6) is 0 Å². The van der Waals surface area contributed by atoms with Gasteiger partial charge in [-0.3, -0.25) is 4.84 Å². The number of carbonyl (C=O) groups excluding carboxylic acids is 2. The van der Waals surface area contributed by atoms with Crippen LogP contribution in [0.15, 0.2) is 0 Å². The van der Waals surface area contributed by atoms with Gasteiger partial charge in [0.2, 0.25) is 0 Å². The minimum absolute atomic E-state index is 0.0796. The second-order valence-electron chi connectivity index (χ2n) is 7.47. The van der Waals surface area contributed by atoms with Crippen molar-refractivity contribution in [1.29, 1.82) is 0 Å². The minimum Gasteiger partial charge on any atom is -0.428 e. The number of halogens is 3. The van der Waals surface area contributed by atoms with E-state index in [1.54, 1.807) is 41.5 Å². The molecule has 0 aromatic rings. The Morgan fingerprint density at radius 1 is 0.897 bits per heavy atom. The number of hydrogen-bond acceptors (Lipinski definition) is 8. The van der Waals surface area contributed by atoms with E-state index < -0.39 is 34.8 Å². The van der Waals surface area contributed by atoms with Gasteiger partial charge in [-0.15, -0.1) is 11.7 Å². The maximum atomic E-state index is 12.3. The number of rotatable bonds is 8. The fourth-order valence-corrected chi connectivity index (χ4v) is 1.83. The zero-order chi connectivity index (χ0) is 23.3. The molecule has 0 radical (unpaired) electrons. The highest BCUT2D eigenvalue weighted by molar-refractivity contribution is 8.18. The second-order valence-corrected chi connectivity index (χ2v) is 8.75. The van der Waals surface area contributed by atoms with E-state index in [1.165, 1.54) is 14.2 Å². The van der Waals surface area contributed by atoms with Crippen LogP contribution in [0, 0.1) is 0 Å². The average Bonchev–Trinajstić information content (AvgIpc) is 2.50.